The second kappa shape index (κ2) is 2.13. The smallest absolute Gasteiger partial charge is 0.149 e. The second-order valence-electron chi connectivity index (χ2n) is 4.02. The molecule has 4 rings (SSSR count). The van der Waals surface area contributed by atoms with Crippen molar-refractivity contribution in [1.82, 2.24) is 0 Å². The van der Waals surface area contributed by atoms with Gasteiger partial charge in [-0.3, -0.25) is 9.59 Å². The molecule has 0 aromatic heterocycles. The third-order valence-corrected chi connectivity index (χ3v) is 4.84. The summed E-state index contributed by atoms with van der Waals surface area (Å²) in [7, 11) is 0. The minimum atomic E-state index is 0.185. The van der Waals surface area contributed by atoms with Gasteiger partial charge in [0.15, 0.2) is 0 Å². The lowest BCUT2D eigenvalue weighted by Gasteiger charge is -2.46. The van der Waals surface area contributed by atoms with Crippen LogP contribution in [0.3, 0.4) is 0 Å². The minimum Gasteiger partial charge on any atom is -0.298 e. The molecule has 2 aliphatic carbocycles. The molecule has 64 valence electrons. The van der Waals surface area contributed by atoms with E-state index < -0.39 is 0 Å². The predicted molar refractivity (Wildman–Crippen MR) is 46.0 cm³/mol. The monoisotopic (exact) mass is 182 g/mol. The largest absolute Gasteiger partial charge is 0.298 e. The summed E-state index contributed by atoms with van der Waals surface area (Å²) in [6, 6.07) is 0. The number of rotatable bonds is 0. The summed E-state index contributed by atoms with van der Waals surface area (Å²) in [5.74, 6) is 1.36. The van der Waals surface area contributed by atoms with Crippen LogP contribution < -0.4 is 0 Å². The van der Waals surface area contributed by atoms with Crippen LogP contribution in [0, 0.1) is 11.8 Å². The summed E-state index contributed by atoms with van der Waals surface area (Å²) in [5.41, 5.74) is 0. The number of hydrogen-bond donors (Lipinski definition) is 0. The highest BCUT2D eigenvalue weighted by Crippen LogP contribution is 2.50. The molecule has 2 nitrogen and oxygen atoms in total. The summed E-state index contributed by atoms with van der Waals surface area (Å²) >= 11 is 1.62. The average molecular weight is 182 g/mol. The lowest BCUT2D eigenvalue weighted by molar-refractivity contribution is -0.134. The maximum absolute atomic E-state index is 11.5. The predicted octanol–water partition coefficient (Wildman–Crippen LogP) is 1.04. The fourth-order valence-electron chi connectivity index (χ4n) is 2.72. The highest BCUT2D eigenvalue weighted by molar-refractivity contribution is 8.02. The average Bonchev–Trinajstić information content (AvgIpc) is 2.02. The molecule has 4 fully saturated rings. The van der Waals surface area contributed by atoms with Crippen molar-refractivity contribution in [1.29, 1.82) is 0 Å². The highest BCUT2D eigenvalue weighted by Gasteiger charge is 2.52. The summed E-state index contributed by atoms with van der Waals surface area (Å²) in [5, 5.41) is 0.371. The van der Waals surface area contributed by atoms with Crippen LogP contribution >= 0.6 is 11.8 Å². The fourth-order valence-corrected chi connectivity index (χ4v) is 4.46. The van der Waals surface area contributed by atoms with Gasteiger partial charge in [0.05, 0.1) is 10.5 Å². The Morgan fingerprint density at radius 3 is 1.83 bits per heavy atom. The molecule has 4 bridgehead atoms. The standard InChI is InChI=1S/C9H10O2S/c10-8-4-1-5-3-7(8)12-6(2-4)9(5)11/h4-7H,1-3H2. The number of carbonyl (C=O) groups excluding carboxylic acids is 2. The molecule has 0 N–H and O–H groups in total. The molecule has 0 radical (unpaired) electrons. The van der Waals surface area contributed by atoms with E-state index >= 15 is 0 Å². The third kappa shape index (κ3) is 0.729. The van der Waals surface area contributed by atoms with E-state index in [1.165, 1.54) is 0 Å². The van der Waals surface area contributed by atoms with Gasteiger partial charge in [-0.2, -0.15) is 0 Å². The summed E-state index contributed by atoms with van der Waals surface area (Å²) in [6.45, 7) is 0. The zero-order valence-electron chi connectivity index (χ0n) is 6.66. The van der Waals surface area contributed by atoms with Crippen molar-refractivity contribution in [3.05, 3.63) is 0 Å². The molecule has 0 amide bonds. The van der Waals surface area contributed by atoms with E-state index in [1.54, 1.807) is 11.8 Å². The van der Waals surface area contributed by atoms with E-state index in [1.807, 2.05) is 0 Å². The Kier molecular flexibility index (Phi) is 1.27. The number of Topliss-reactive ketones (excluding diaryl/α,β-unsaturated/α-hetero) is 2. The Morgan fingerprint density at radius 1 is 0.917 bits per heavy atom. The topological polar surface area (TPSA) is 34.1 Å². The Balaban J connectivity index is 2.01. The first-order chi connectivity index (χ1) is 5.75. The van der Waals surface area contributed by atoms with Gasteiger partial charge in [-0.25, -0.2) is 0 Å². The van der Waals surface area contributed by atoms with E-state index in [0.717, 1.165) is 19.3 Å². The molecule has 4 atom stereocenters. The summed E-state index contributed by atoms with van der Waals surface area (Å²) in [4.78, 5) is 23.1. The lowest BCUT2D eigenvalue weighted by atomic mass is 9.70. The summed E-state index contributed by atoms with van der Waals surface area (Å²) < 4.78 is 0. The van der Waals surface area contributed by atoms with Gasteiger partial charge in [0.1, 0.15) is 11.6 Å². The quantitative estimate of drug-likeness (QED) is 0.561. The number of thioether (sulfide) groups is 1. The van der Waals surface area contributed by atoms with Gasteiger partial charge in [0.2, 0.25) is 0 Å². The van der Waals surface area contributed by atoms with Crippen LogP contribution in [0.5, 0.6) is 0 Å². The maximum atomic E-state index is 11.5. The van der Waals surface area contributed by atoms with Crippen LogP contribution in [0.15, 0.2) is 0 Å². The van der Waals surface area contributed by atoms with Crippen LogP contribution in [-0.2, 0) is 9.59 Å². The fraction of sp³-hybridized carbons (Fsp3) is 0.778. The van der Waals surface area contributed by atoms with Crippen molar-refractivity contribution in [3.63, 3.8) is 0 Å². The van der Waals surface area contributed by atoms with Gasteiger partial charge in [-0.1, -0.05) is 0 Å². The van der Waals surface area contributed by atoms with Gasteiger partial charge in [-0.15, -0.1) is 11.8 Å². The molecule has 0 aromatic rings. The second-order valence-corrected chi connectivity index (χ2v) is 5.43. The van der Waals surface area contributed by atoms with Gasteiger partial charge >= 0.3 is 0 Å². The zero-order valence-corrected chi connectivity index (χ0v) is 7.47. The molecule has 3 heteroatoms. The Bertz CT molecular complexity index is 214. The van der Waals surface area contributed by atoms with Crippen molar-refractivity contribution in [3.8, 4) is 0 Å². The Morgan fingerprint density at radius 2 is 1.42 bits per heavy atom. The van der Waals surface area contributed by atoms with Crippen molar-refractivity contribution >= 4 is 23.3 Å². The molecule has 2 saturated carbocycles. The zero-order chi connectivity index (χ0) is 8.29. The molecule has 2 saturated heterocycles. The Labute approximate surface area is 75.1 Å². The molecule has 2 aliphatic heterocycles. The van der Waals surface area contributed by atoms with E-state index in [-0.39, 0.29) is 22.3 Å². The van der Waals surface area contributed by atoms with Gasteiger partial charge in [-0.05, 0) is 19.3 Å². The van der Waals surface area contributed by atoms with Crippen LogP contribution in [0.25, 0.3) is 0 Å². The maximum Gasteiger partial charge on any atom is 0.149 e. The van der Waals surface area contributed by atoms with Crippen molar-refractivity contribution in [2.45, 2.75) is 29.8 Å². The molecule has 0 spiro atoms. The minimum absolute atomic E-state index is 0.185. The molecular weight excluding hydrogens is 172 g/mol. The Hall–Kier alpha value is -0.310. The van der Waals surface area contributed by atoms with Crippen LogP contribution in [0.1, 0.15) is 19.3 Å². The number of hydrogen-bond acceptors (Lipinski definition) is 3. The molecular formula is C9H10O2S. The number of carbonyl (C=O) groups is 2. The SMILES string of the molecule is O=C1C2CC3CC1SC(C2)C3=O. The van der Waals surface area contributed by atoms with Gasteiger partial charge < -0.3 is 0 Å². The third-order valence-electron chi connectivity index (χ3n) is 3.33. The first kappa shape index (κ1) is 7.13. The molecule has 0 aromatic carbocycles. The van der Waals surface area contributed by atoms with Crippen LogP contribution in [-0.4, -0.2) is 22.1 Å². The van der Waals surface area contributed by atoms with E-state index in [4.69, 9.17) is 0 Å². The van der Waals surface area contributed by atoms with Gasteiger partial charge in [0.25, 0.3) is 0 Å². The molecule has 12 heavy (non-hydrogen) atoms. The lowest BCUT2D eigenvalue weighted by Crippen LogP contribution is -2.52. The van der Waals surface area contributed by atoms with Crippen molar-refractivity contribution in [2.24, 2.45) is 11.8 Å². The summed E-state index contributed by atoms with van der Waals surface area (Å²) in [6.07, 6.45) is 2.55. The number of ketones is 2. The first-order valence-corrected chi connectivity index (χ1v) is 5.43. The van der Waals surface area contributed by atoms with E-state index in [2.05, 4.69) is 0 Å². The van der Waals surface area contributed by atoms with Crippen molar-refractivity contribution < 1.29 is 9.59 Å². The molecule has 2 heterocycles. The van der Waals surface area contributed by atoms with Gasteiger partial charge in [0, 0.05) is 11.8 Å². The normalized spacial score (nSPS) is 50.3. The van der Waals surface area contributed by atoms with Crippen LogP contribution in [0.2, 0.25) is 0 Å². The highest BCUT2D eigenvalue weighted by atomic mass is 32.2. The molecule has 4 aliphatic rings. The van der Waals surface area contributed by atoms with E-state index in [9.17, 15) is 9.59 Å². The van der Waals surface area contributed by atoms with Crippen molar-refractivity contribution in [2.75, 3.05) is 0 Å². The van der Waals surface area contributed by atoms with E-state index in [0.29, 0.717) is 11.6 Å². The molecule has 4 unspecified atom stereocenters. The first-order valence-electron chi connectivity index (χ1n) is 4.48. The van der Waals surface area contributed by atoms with Crippen LogP contribution in [0.4, 0.5) is 0 Å².